The van der Waals surface area contributed by atoms with Gasteiger partial charge in [0.1, 0.15) is 22.3 Å². The van der Waals surface area contributed by atoms with E-state index in [4.69, 9.17) is 17.3 Å². The lowest BCUT2D eigenvalue weighted by Crippen LogP contribution is -2.42. The summed E-state index contributed by atoms with van der Waals surface area (Å²) < 4.78 is 69.5. The average Bonchev–Trinajstić information content (AvgIpc) is 2.87. The van der Waals surface area contributed by atoms with Gasteiger partial charge in [-0.05, 0) is 60.0 Å². The number of benzene rings is 3. The fourth-order valence-corrected chi connectivity index (χ4v) is 5.46. The number of primary amides is 1. The summed E-state index contributed by atoms with van der Waals surface area (Å²) in [5.41, 5.74) is 5.72. The van der Waals surface area contributed by atoms with Gasteiger partial charge >= 0.3 is 6.03 Å². The predicted octanol–water partition coefficient (Wildman–Crippen LogP) is 4.89. The number of sulfonamides is 1. The Kier molecular flexibility index (Phi) is 8.40. The maximum Gasteiger partial charge on any atom is 0.329 e. The summed E-state index contributed by atoms with van der Waals surface area (Å²) >= 11 is 5.97. The number of nitrogens with two attached hydrogens (primary N) is 1. The van der Waals surface area contributed by atoms with E-state index in [1.165, 1.54) is 48.7 Å². The lowest BCUT2D eigenvalue weighted by Gasteiger charge is -2.22. The van der Waals surface area contributed by atoms with Crippen molar-refractivity contribution in [1.29, 1.82) is 0 Å². The van der Waals surface area contributed by atoms with Gasteiger partial charge in [-0.15, -0.1) is 0 Å². The predicted molar refractivity (Wildman–Crippen MR) is 141 cm³/mol. The molecule has 206 valence electrons. The molecule has 0 saturated carbocycles. The number of amides is 3. The van der Waals surface area contributed by atoms with E-state index in [0.29, 0.717) is 17.2 Å². The fourth-order valence-electron chi connectivity index (χ4n) is 4.03. The number of aromatic nitrogens is 1. The number of halogens is 4. The summed E-state index contributed by atoms with van der Waals surface area (Å²) in [5.74, 6) is -3.61. The molecule has 0 aliphatic heterocycles. The maximum atomic E-state index is 14.1. The van der Waals surface area contributed by atoms with Crippen LogP contribution in [0.25, 0.3) is 11.1 Å². The third-order valence-electron chi connectivity index (χ3n) is 5.73. The van der Waals surface area contributed by atoms with Crippen LogP contribution < -0.4 is 15.8 Å². The molecule has 13 heteroatoms. The van der Waals surface area contributed by atoms with Crippen LogP contribution in [0, 0.1) is 17.5 Å². The molecule has 1 heterocycles. The van der Waals surface area contributed by atoms with Crippen molar-refractivity contribution in [3.63, 3.8) is 0 Å². The van der Waals surface area contributed by atoms with Gasteiger partial charge in [-0.2, -0.15) is 0 Å². The molecular formula is C27H20ClF3N4O4S. The highest BCUT2D eigenvalue weighted by molar-refractivity contribution is 7.90. The fraction of sp³-hybridized carbons (Fsp3) is 0.0741. The number of urea groups is 1. The van der Waals surface area contributed by atoms with Crippen LogP contribution in [0.3, 0.4) is 0 Å². The van der Waals surface area contributed by atoms with E-state index < -0.39 is 51.0 Å². The van der Waals surface area contributed by atoms with Gasteiger partial charge in [0, 0.05) is 17.8 Å². The quantitative estimate of drug-likeness (QED) is 0.270. The van der Waals surface area contributed by atoms with E-state index in [-0.39, 0.29) is 27.6 Å². The Hall–Kier alpha value is -4.42. The second-order valence-corrected chi connectivity index (χ2v) is 10.6. The van der Waals surface area contributed by atoms with Crippen LogP contribution in [0.15, 0.2) is 83.9 Å². The molecule has 0 spiro atoms. The molecule has 3 amide bonds. The van der Waals surface area contributed by atoms with Crippen molar-refractivity contribution >= 4 is 33.6 Å². The third-order valence-corrected chi connectivity index (χ3v) is 7.56. The van der Waals surface area contributed by atoms with Gasteiger partial charge in [0.25, 0.3) is 15.9 Å². The number of hydrogen-bond donors (Lipinski definition) is 3. The first kappa shape index (κ1) is 28.6. The minimum absolute atomic E-state index is 0.116. The topological polar surface area (TPSA) is 131 Å². The van der Waals surface area contributed by atoms with Gasteiger partial charge in [0.2, 0.25) is 0 Å². The summed E-state index contributed by atoms with van der Waals surface area (Å²) in [4.78, 5) is 28.6. The Morgan fingerprint density at radius 1 is 0.950 bits per heavy atom. The van der Waals surface area contributed by atoms with Gasteiger partial charge < -0.3 is 11.1 Å². The third kappa shape index (κ3) is 6.58. The molecule has 4 rings (SSSR count). The van der Waals surface area contributed by atoms with Crippen LogP contribution >= 0.6 is 11.6 Å². The molecule has 0 bridgehead atoms. The normalized spacial score (nSPS) is 12.0. The molecule has 1 unspecified atom stereocenters. The molecule has 1 aromatic heterocycles. The van der Waals surface area contributed by atoms with Gasteiger partial charge in [0.05, 0.1) is 22.3 Å². The number of rotatable bonds is 8. The molecule has 4 aromatic rings. The van der Waals surface area contributed by atoms with Crippen molar-refractivity contribution < 1.29 is 31.2 Å². The molecular weight excluding hydrogens is 569 g/mol. The van der Waals surface area contributed by atoms with Gasteiger partial charge in [0.15, 0.2) is 0 Å². The highest BCUT2D eigenvalue weighted by Gasteiger charge is 2.26. The Bertz CT molecular complexity index is 1700. The summed E-state index contributed by atoms with van der Waals surface area (Å²) in [6, 6.07) is 12.5. The summed E-state index contributed by atoms with van der Waals surface area (Å²) in [6.45, 7) is 0. The zero-order valence-electron chi connectivity index (χ0n) is 20.4. The minimum Gasteiger partial charge on any atom is -0.366 e. The molecule has 3 aromatic carbocycles. The first-order valence-electron chi connectivity index (χ1n) is 11.5. The van der Waals surface area contributed by atoms with Gasteiger partial charge in [-0.1, -0.05) is 35.9 Å². The number of nitrogens with zero attached hydrogens (tertiary/aromatic N) is 1. The average molecular weight is 589 g/mol. The van der Waals surface area contributed by atoms with E-state index in [0.717, 1.165) is 18.2 Å². The van der Waals surface area contributed by atoms with Crippen LogP contribution in [0.1, 0.15) is 27.7 Å². The second-order valence-electron chi connectivity index (χ2n) is 8.54. The maximum absolute atomic E-state index is 14.1. The molecule has 0 saturated heterocycles. The van der Waals surface area contributed by atoms with Gasteiger partial charge in [-0.3, -0.25) is 9.78 Å². The first-order chi connectivity index (χ1) is 18.9. The van der Waals surface area contributed by atoms with Gasteiger partial charge in [-0.25, -0.2) is 31.1 Å². The van der Waals surface area contributed by atoms with Crippen molar-refractivity contribution in [2.75, 3.05) is 0 Å². The molecule has 0 fully saturated rings. The van der Waals surface area contributed by atoms with Crippen molar-refractivity contribution in [3.8, 4) is 11.1 Å². The zero-order valence-corrected chi connectivity index (χ0v) is 21.9. The van der Waals surface area contributed by atoms with E-state index in [1.54, 1.807) is 6.07 Å². The van der Waals surface area contributed by atoms with Crippen molar-refractivity contribution in [2.24, 2.45) is 5.73 Å². The Morgan fingerprint density at radius 3 is 2.33 bits per heavy atom. The molecule has 0 aliphatic rings. The lowest BCUT2D eigenvalue weighted by molar-refractivity contribution is 0.0996. The van der Waals surface area contributed by atoms with Crippen LogP contribution in [-0.4, -0.2) is 25.3 Å². The van der Waals surface area contributed by atoms with Crippen molar-refractivity contribution in [1.82, 2.24) is 15.0 Å². The molecule has 40 heavy (non-hydrogen) atoms. The largest absolute Gasteiger partial charge is 0.366 e. The first-order valence-corrected chi connectivity index (χ1v) is 13.4. The van der Waals surface area contributed by atoms with E-state index in [2.05, 4.69) is 10.3 Å². The van der Waals surface area contributed by atoms with Crippen LogP contribution in [0.5, 0.6) is 0 Å². The molecule has 0 radical (unpaired) electrons. The minimum atomic E-state index is -4.41. The number of pyridine rings is 1. The molecule has 8 nitrogen and oxygen atoms in total. The lowest BCUT2D eigenvalue weighted by atomic mass is 9.94. The standard InChI is InChI=1S/C27H20ClF3N4O4S/c28-21-5-1-2-6-24(21)40(38,39)35-27(37)34-23(12-15-10-17(29)14-18(30)11-15)25-19(4-3-9-33-25)16-7-8-22(31)20(13-16)26(32)36/h1-11,13-14,23H,12H2,(H2,32,36)(H2,34,35,37). The smallest absolute Gasteiger partial charge is 0.329 e. The second kappa shape index (κ2) is 11.8. The number of hydrogen-bond acceptors (Lipinski definition) is 5. The number of nitrogens with one attached hydrogen (secondary N) is 2. The van der Waals surface area contributed by atoms with Crippen molar-refractivity contribution in [2.45, 2.75) is 17.4 Å². The monoisotopic (exact) mass is 588 g/mol. The Morgan fingerprint density at radius 2 is 1.65 bits per heavy atom. The van der Waals surface area contributed by atoms with E-state index in [1.807, 2.05) is 4.72 Å². The summed E-state index contributed by atoms with van der Waals surface area (Å²) in [7, 11) is -4.41. The van der Waals surface area contributed by atoms with Crippen LogP contribution in [0.2, 0.25) is 5.02 Å². The van der Waals surface area contributed by atoms with Crippen LogP contribution in [-0.2, 0) is 16.4 Å². The molecule has 0 aliphatic carbocycles. The highest BCUT2D eigenvalue weighted by Crippen LogP contribution is 2.30. The number of carbonyl (C=O) groups is 2. The van der Waals surface area contributed by atoms with E-state index in [9.17, 15) is 31.2 Å². The van der Waals surface area contributed by atoms with E-state index >= 15 is 0 Å². The molecule has 1 atom stereocenters. The Labute approximate surface area is 232 Å². The summed E-state index contributed by atoms with van der Waals surface area (Å²) in [5, 5.41) is 2.36. The summed E-state index contributed by atoms with van der Waals surface area (Å²) in [6.07, 6.45) is 1.14. The Balaban J connectivity index is 1.75. The van der Waals surface area contributed by atoms with Crippen molar-refractivity contribution in [3.05, 3.63) is 118 Å². The molecule has 4 N–H and O–H groups in total. The SMILES string of the molecule is NC(=O)c1cc(-c2cccnc2C(Cc2cc(F)cc(F)c2)NC(=O)NS(=O)(=O)c2ccccc2Cl)ccc1F. The zero-order chi connectivity index (χ0) is 29.0. The highest BCUT2D eigenvalue weighted by atomic mass is 35.5. The van der Waals surface area contributed by atoms with Crippen LogP contribution in [0.4, 0.5) is 18.0 Å². The number of carbonyl (C=O) groups excluding carboxylic acids is 2.